The van der Waals surface area contributed by atoms with Gasteiger partial charge in [0.2, 0.25) is 0 Å². The summed E-state index contributed by atoms with van der Waals surface area (Å²) in [7, 11) is 0. The molecule has 0 aromatic heterocycles. The van der Waals surface area contributed by atoms with Gasteiger partial charge >= 0.3 is 11.9 Å². The van der Waals surface area contributed by atoms with Crippen LogP contribution in [0.1, 0.15) is 70.6 Å². The molecule has 6 nitrogen and oxygen atoms in total. The largest absolute Gasteiger partial charge is 0.490 e. The smallest absolute Gasteiger partial charge is 0.303 e. The van der Waals surface area contributed by atoms with E-state index in [4.69, 9.17) is 19.7 Å². The minimum absolute atomic E-state index is 0.233. The predicted molar refractivity (Wildman–Crippen MR) is 103 cm³/mol. The lowest BCUT2D eigenvalue weighted by atomic mass is 10.1. The zero-order valence-corrected chi connectivity index (χ0v) is 16.0. The molecule has 0 unspecified atom stereocenters. The van der Waals surface area contributed by atoms with E-state index < -0.39 is 11.9 Å². The second-order valence-electron chi connectivity index (χ2n) is 6.61. The molecule has 0 saturated heterocycles. The summed E-state index contributed by atoms with van der Waals surface area (Å²) in [4.78, 5) is 20.9. The topological polar surface area (TPSA) is 93.1 Å². The Kier molecular flexibility index (Phi) is 12.6. The SMILES string of the molecule is O=C(O)CCCCCCCOc1ccccc1OCCCCCCC(=O)O. The average molecular weight is 380 g/mol. The van der Waals surface area contributed by atoms with Crippen LogP contribution in [-0.4, -0.2) is 35.4 Å². The van der Waals surface area contributed by atoms with Gasteiger partial charge in [-0.15, -0.1) is 0 Å². The van der Waals surface area contributed by atoms with Crippen molar-refractivity contribution < 1.29 is 29.3 Å². The minimum Gasteiger partial charge on any atom is -0.490 e. The number of para-hydroxylation sites is 2. The Labute approximate surface area is 161 Å². The van der Waals surface area contributed by atoms with Crippen molar-refractivity contribution in [2.75, 3.05) is 13.2 Å². The molecule has 0 aliphatic carbocycles. The predicted octanol–water partition coefficient (Wildman–Crippen LogP) is 4.90. The molecule has 0 saturated carbocycles. The zero-order valence-electron chi connectivity index (χ0n) is 16.0. The zero-order chi connectivity index (χ0) is 19.7. The average Bonchev–Trinajstić information content (AvgIpc) is 2.63. The Balaban J connectivity index is 2.12. The van der Waals surface area contributed by atoms with Crippen molar-refractivity contribution >= 4 is 11.9 Å². The molecule has 0 radical (unpaired) electrons. The summed E-state index contributed by atoms with van der Waals surface area (Å²) < 4.78 is 11.6. The van der Waals surface area contributed by atoms with Crippen molar-refractivity contribution in [2.24, 2.45) is 0 Å². The van der Waals surface area contributed by atoms with Gasteiger partial charge in [0.15, 0.2) is 11.5 Å². The van der Waals surface area contributed by atoms with Crippen molar-refractivity contribution in [3.05, 3.63) is 24.3 Å². The van der Waals surface area contributed by atoms with Gasteiger partial charge in [0.05, 0.1) is 13.2 Å². The Morgan fingerprint density at radius 2 is 1.00 bits per heavy atom. The van der Waals surface area contributed by atoms with Gasteiger partial charge in [-0.2, -0.15) is 0 Å². The summed E-state index contributed by atoms with van der Waals surface area (Å²) in [6.45, 7) is 1.21. The first kappa shape index (κ1) is 22.8. The highest BCUT2D eigenvalue weighted by Gasteiger charge is 2.04. The molecule has 1 aromatic carbocycles. The second kappa shape index (κ2) is 14.9. The molecule has 2 N–H and O–H groups in total. The van der Waals surface area contributed by atoms with E-state index in [0.29, 0.717) is 19.6 Å². The van der Waals surface area contributed by atoms with Crippen LogP contribution in [0.4, 0.5) is 0 Å². The number of hydrogen-bond donors (Lipinski definition) is 2. The highest BCUT2D eigenvalue weighted by molar-refractivity contribution is 5.66. The molecular formula is C21H32O6. The summed E-state index contributed by atoms with van der Waals surface area (Å²) in [6, 6.07) is 7.62. The Morgan fingerprint density at radius 1 is 0.630 bits per heavy atom. The van der Waals surface area contributed by atoms with Gasteiger partial charge in [0.1, 0.15) is 0 Å². The van der Waals surface area contributed by atoms with Gasteiger partial charge in [0.25, 0.3) is 0 Å². The van der Waals surface area contributed by atoms with Crippen LogP contribution < -0.4 is 9.47 Å². The number of carboxylic acids is 2. The van der Waals surface area contributed by atoms with Crippen LogP contribution in [0.3, 0.4) is 0 Å². The third-order valence-electron chi connectivity index (χ3n) is 4.18. The summed E-state index contributed by atoms with van der Waals surface area (Å²) in [5.74, 6) is 0.0199. The lowest BCUT2D eigenvalue weighted by Crippen LogP contribution is -2.02. The monoisotopic (exact) mass is 380 g/mol. The fourth-order valence-corrected chi connectivity index (χ4v) is 2.69. The second-order valence-corrected chi connectivity index (χ2v) is 6.61. The standard InChI is InChI=1S/C21H32O6/c22-20(23)14-6-2-1-4-10-16-26-18-12-8-9-13-19(18)27-17-11-5-3-7-15-21(24)25/h8-9,12-13H,1-7,10-11,14-17H2,(H,22,23)(H,24,25). The molecule has 0 spiro atoms. The normalized spacial score (nSPS) is 10.5. The van der Waals surface area contributed by atoms with E-state index >= 15 is 0 Å². The lowest BCUT2D eigenvalue weighted by molar-refractivity contribution is -0.138. The van der Waals surface area contributed by atoms with Crippen molar-refractivity contribution in [3.63, 3.8) is 0 Å². The number of carbonyl (C=O) groups is 2. The quantitative estimate of drug-likeness (QED) is 0.373. The fraction of sp³-hybridized carbons (Fsp3) is 0.619. The third kappa shape index (κ3) is 12.7. The maximum Gasteiger partial charge on any atom is 0.303 e. The molecule has 152 valence electrons. The molecule has 1 rings (SSSR count). The molecule has 0 heterocycles. The fourth-order valence-electron chi connectivity index (χ4n) is 2.69. The number of rotatable bonds is 17. The lowest BCUT2D eigenvalue weighted by Gasteiger charge is -2.12. The van der Waals surface area contributed by atoms with E-state index in [1.54, 1.807) is 0 Å². The highest BCUT2D eigenvalue weighted by Crippen LogP contribution is 2.27. The van der Waals surface area contributed by atoms with Crippen LogP contribution in [0.2, 0.25) is 0 Å². The molecule has 0 aliphatic rings. The van der Waals surface area contributed by atoms with Gasteiger partial charge in [-0.1, -0.05) is 44.2 Å². The first-order valence-corrected chi connectivity index (χ1v) is 9.88. The summed E-state index contributed by atoms with van der Waals surface area (Å²) in [6.07, 6.45) is 8.62. The summed E-state index contributed by atoms with van der Waals surface area (Å²) in [5.41, 5.74) is 0. The van der Waals surface area contributed by atoms with Crippen LogP contribution in [0, 0.1) is 0 Å². The van der Waals surface area contributed by atoms with Gasteiger partial charge in [-0.05, 0) is 37.8 Å². The van der Waals surface area contributed by atoms with E-state index in [-0.39, 0.29) is 12.8 Å². The molecule has 27 heavy (non-hydrogen) atoms. The van der Waals surface area contributed by atoms with Crippen LogP contribution in [0.25, 0.3) is 0 Å². The first-order valence-electron chi connectivity index (χ1n) is 9.88. The molecule has 6 heteroatoms. The van der Waals surface area contributed by atoms with E-state index in [0.717, 1.165) is 62.9 Å². The minimum atomic E-state index is -0.738. The van der Waals surface area contributed by atoms with Crippen LogP contribution in [-0.2, 0) is 9.59 Å². The number of benzene rings is 1. The van der Waals surface area contributed by atoms with Crippen LogP contribution in [0.15, 0.2) is 24.3 Å². The van der Waals surface area contributed by atoms with Crippen LogP contribution >= 0.6 is 0 Å². The van der Waals surface area contributed by atoms with Crippen molar-refractivity contribution in [2.45, 2.75) is 70.6 Å². The van der Waals surface area contributed by atoms with E-state index in [2.05, 4.69) is 0 Å². The Hall–Kier alpha value is -2.24. The summed E-state index contributed by atoms with van der Waals surface area (Å²) in [5, 5.41) is 17.2. The maximum atomic E-state index is 10.4. The third-order valence-corrected chi connectivity index (χ3v) is 4.18. The molecule has 1 aromatic rings. The van der Waals surface area contributed by atoms with E-state index in [1.807, 2.05) is 24.3 Å². The first-order chi connectivity index (χ1) is 13.1. The molecule has 0 amide bonds. The number of carboxylic acid groups (broad SMARTS) is 2. The number of aliphatic carboxylic acids is 2. The number of ether oxygens (including phenoxy) is 2. The number of unbranched alkanes of at least 4 members (excludes halogenated alkanes) is 7. The van der Waals surface area contributed by atoms with Gasteiger partial charge < -0.3 is 19.7 Å². The van der Waals surface area contributed by atoms with Crippen LogP contribution in [0.5, 0.6) is 11.5 Å². The van der Waals surface area contributed by atoms with E-state index in [9.17, 15) is 9.59 Å². The van der Waals surface area contributed by atoms with Gasteiger partial charge in [0, 0.05) is 12.8 Å². The van der Waals surface area contributed by atoms with Gasteiger partial charge in [-0.3, -0.25) is 9.59 Å². The number of hydrogen-bond acceptors (Lipinski definition) is 4. The molecule has 0 bridgehead atoms. The summed E-state index contributed by atoms with van der Waals surface area (Å²) >= 11 is 0. The molecular weight excluding hydrogens is 348 g/mol. The maximum absolute atomic E-state index is 10.4. The molecule has 0 aliphatic heterocycles. The van der Waals surface area contributed by atoms with Crippen molar-refractivity contribution in [1.82, 2.24) is 0 Å². The van der Waals surface area contributed by atoms with Crippen molar-refractivity contribution in [1.29, 1.82) is 0 Å². The van der Waals surface area contributed by atoms with Crippen molar-refractivity contribution in [3.8, 4) is 11.5 Å². The molecule has 0 fully saturated rings. The van der Waals surface area contributed by atoms with E-state index in [1.165, 1.54) is 0 Å². The molecule has 0 atom stereocenters. The Morgan fingerprint density at radius 3 is 1.41 bits per heavy atom. The highest BCUT2D eigenvalue weighted by atomic mass is 16.5. The van der Waals surface area contributed by atoms with Gasteiger partial charge in [-0.25, -0.2) is 0 Å². The Bertz CT molecular complexity index is 543.